The van der Waals surface area contributed by atoms with E-state index in [9.17, 15) is 18.0 Å². The SMILES string of the molecule is O=C(c1ccccc1-n1nccn1)N1C[C@@H]2CC[C@H]1[C@H](Oc1cnc(C(F)(F)F)cn1)C2. The molecule has 0 radical (unpaired) electrons. The molecule has 0 unspecified atom stereocenters. The molecule has 32 heavy (non-hydrogen) atoms. The standard InChI is InChI=1S/C21H19F3N6O2/c22-21(23,24)18-10-26-19(11-25-18)32-17-9-13-5-6-16(17)29(12-13)20(31)14-3-1-2-4-15(14)30-27-7-8-28-30/h1-4,7-8,10-11,13,16-17H,5-6,9,12H2/t13-,16+,17-/m1/s1. The fraction of sp³-hybridized carbons (Fsp3) is 0.381. The number of para-hydroxylation sites is 1. The fourth-order valence-electron chi connectivity index (χ4n) is 4.49. The van der Waals surface area contributed by atoms with Gasteiger partial charge in [0.2, 0.25) is 5.88 Å². The molecule has 3 atom stereocenters. The minimum atomic E-state index is -4.56. The molecule has 4 heterocycles. The summed E-state index contributed by atoms with van der Waals surface area (Å²) >= 11 is 0. The van der Waals surface area contributed by atoms with Gasteiger partial charge in [0.1, 0.15) is 6.10 Å². The molecule has 11 heteroatoms. The first-order valence-electron chi connectivity index (χ1n) is 10.2. The molecule has 8 nitrogen and oxygen atoms in total. The first kappa shape index (κ1) is 20.4. The average Bonchev–Trinajstić information content (AvgIpc) is 3.33. The second kappa shape index (κ2) is 7.88. The van der Waals surface area contributed by atoms with Gasteiger partial charge in [-0.15, -0.1) is 0 Å². The molecule has 1 saturated carbocycles. The van der Waals surface area contributed by atoms with Crippen molar-refractivity contribution in [2.45, 2.75) is 37.6 Å². The van der Waals surface area contributed by atoms with E-state index >= 15 is 0 Å². The van der Waals surface area contributed by atoms with Crippen LogP contribution < -0.4 is 4.74 Å². The molecule has 2 aromatic heterocycles. The Morgan fingerprint density at radius 2 is 1.84 bits per heavy atom. The van der Waals surface area contributed by atoms with Crippen LogP contribution in [0.2, 0.25) is 0 Å². The van der Waals surface area contributed by atoms with Crippen LogP contribution in [0.15, 0.2) is 49.1 Å². The van der Waals surface area contributed by atoms with Crippen LogP contribution in [0, 0.1) is 5.92 Å². The zero-order valence-electron chi connectivity index (χ0n) is 16.8. The van der Waals surface area contributed by atoms with Crippen molar-refractivity contribution in [3.8, 4) is 11.6 Å². The van der Waals surface area contributed by atoms with Gasteiger partial charge in [-0.2, -0.15) is 28.2 Å². The van der Waals surface area contributed by atoms with Gasteiger partial charge in [-0.3, -0.25) is 4.79 Å². The lowest BCUT2D eigenvalue weighted by molar-refractivity contribution is -0.141. The zero-order chi connectivity index (χ0) is 22.3. The number of rotatable bonds is 4. The van der Waals surface area contributed by atoms with Crippen LogP contribution in [0.25, 0.3) is 5.69 Å². The number of benzene rings is 1. The number of amides is 1. The smallest absolute Gasteiger partial charge is 0.434 e. The van der Waals surface area contributed by atoms with Gasteiger partial charge in [-0.25, -0.2) is 9.97 Å². The predicted octanol–water partition coefficient (Wildman–Crippen LogP) is 3.15. The molecule has 0 spiro atoms. The number of alkyl halides is 3. The molecule has 0 N–H and O–H groups in total. The Balaban J connectivity index is 1.37. The van der Waals surface area contributed by atoms with Crippen LogP contribution in [0.3, 0.4) is 0 Å². The van der Waals surface area contributed by atoms with E-state index in [-0.39, 0.29) is 29.9 Å². The largest absolute Gasteiger partial charge is 0.471 e. The minimum absolute atomic E-state index is 0.0177. The van der Waals surface area contributed by atoms with Gasteiger partial charge >= 0.3 is 6.18 Å². The van der Waals surface area contributed by atoms with Crippen LogP contribution in [-0.2, 0) is 6.18 Å². The summed E-state index contributed by atoms with van der Waals surface area (Å²) in [6, 6.07) is 6.90. The molecule has 166 valence electrons. The molecule has 2 aliphatic heterocycles. The molecular weight excluding hydrogens is 425 g/mol. The lowest BCUT2D eigenvalue weighted by atomic mass is 9.77. The summed E-state index contributed by atoms with van der Waals surface area (Å²) in [5, 5.41) is 8.27. The summed E-state index contributed by atoms with van der Waals surface area (Å²) in [5.41, 5.74) is -0.0185. The predicted molar refractivity (Wildman–Crippen MR) is 105 cm³/mol. The van der Waals surface area contributed by atoms with E-state index in [4.69, 9.17) is 4.74 Å². The van der Waals surface area contributed by atoms with E-state index < -0.39 is 11.9 Å². The third-order valence-electron chi connectivity index (χ3n) is 5.94. The lowest BCUT2D eigenvalue weighted by Crippen LogP contribution is -2.59. The van der Waals surface area contributed by atoms with Crippen LogP contribution in [-0.4, -0.2) is 54.5 Å². The number of carbonyl (C=O) groups is 1. The highest BCUT2D eigenvalue weighted by atomic mass is 19.4. The monoisotopic (exact) mass is 444 g/mol. The Morgan fingerprint density at radius 1 is 1.06 bits per heavy atom. The van der Waals surface area contributed by atoms with Crippen molar-refractivity contribution in [3.63, 3.8) is 0 Å². The number of aromatic nitrogens is 5. The van der Waals surface area contributed by atoms with E-state index in [1.807, 2.05) is 6.07 Å². The average molecular weight is 444 g/mol. The van der Waals surface area contributed by atoms with Gasteiger partial charge < -0.3 is 9.64 Å². The summed E-state index contributed by atoms with van der Waals surface area (Å²) in [5.74, 6) is 0.106. The fourth-order valence-corrected chi connectivity index (χ4v) is 4.49. The van der Waals surface area contributed by atoms with Crippen molar-refractivity contribution >= 4 is 5.91 Å². The van der Waals surface area contributed by atoms with Gasteiger partial charge in [-0.05, 0) is 37.3 Å². The van der Waals surface area contributed by atoms with Crippen molar-refractivity contribution in [2.75, 3.05) is 6.54 Å². The summed E-state index contributed by atoms with van der Waals surface area (Å²) in [6.07, 6.45) is 2.22. The molecule has 1 aromatic carbocycles. The Morgan fingerprint density at radius 3 is 2.53 bits per heavy atom. The van der Waals surface area contributed by atoms with Crippen molar-refractivity contribution in [1.82, 2.24) is 29.9 Å². The van der Waals surface area contributed by atoms with Crippen molar-refractivity contribution in [2.24, 2.45) is 5.92 Å². The molecule has 6 rings (SSSR count). The number of halogens is 3. The summed E-state index contributed by atoms with van der Waals surface area (Å²) < 4.78 is 44.1. The second-order valence-corrected chi connectivity index (χ2v) is 7.93. The number of carbonyl (C=O) groups excluding carboxylic acids is 1. The van der Waals surface area contributed by atoms with Crippen LogP contribution in [0.5, 0.6) is 5.88 Å². The normalized spacial score (nSPS) is 22.7. The molecule has 3 aliphatic rings. The number of hydrogen-bond donors (Lipinski definition) is 0. The highest BCUT2D eigenvalue weighted by Gasteiger charge is 2.45. The summed E-state index contributed by atoms with van der Waals surface area (Å²) in [7, 11) is 0. The Bertz CT molecular complexity index is 1100. The number of hydrogen-bond acceptors (Lipinski definition) is 6. The molecule has 1 amide bonds. The highest BCUT2D eigenvalue weighted by Crippen LogP contribution is 2.38. The Kier molecular flexibility index (Phi) is 5.03. The Hall–Kier alpha value is -3.50. The number of piperidine rings is 2. The first-order valence-corrected chi connectivity index (χ1v) is 10.2. The van der Waals surface area contributed by atoms with Crippen LogP contribution in [0.4, 0.5) is 13.2 Å². The van der Waals surface area contributed by atoms with E-state index in [1.54, 1.807) is 35.5 Å². The molecular formula is C21H19F3N6O2. The van der Waals surface area contributed by atoms with Gasteiger partial charge in [0.15, 0.2) is 5.69 Å². The van der Waals surface area contributed by atoms with E-state index in [0.717, 1.165) is 19.0 Å². The molecule has 3 fully saturated rings. The van der Waals surface area contributed by atoms with Crippen molar-refractivity contribution in [1.29, 1.82) is 0 Å². The van der Waals surface area contributed by atoms with E-state index in [2.05, 4.69) is 20.2 Å². The third kappa shape index (κ3) is 3.78. The van der Waals surface area contributed by atoms with E-state index in [0.29, 0.717) is 30.4 Å². The topological polar surface area (TPSA) is 86.0 Å². The van der Waals surface area contributed by atoms with Crippen LogP contribution in [0.1, 0.15) is 35.3 Å². The molecule has 1 aliphatic carbocycles. The quantitative estimate of drug-likeness (QED) is 0.615. The van der Waals surface area contributed by atoms with Gasteiger partial charge in [0.25, 0.3) is 5.91 Å². The van der Waals surface area contributed by atoms with E-state index in [1.165, 1.54) is 4.80 Å². The van der Waals surface area contributed by atoms with Gasteiger partial charge in [0.05, 0.1) is 42.1 Å². The maximum absolute atomic E-state index is 13.5. The summed E-state index contributed by atoms with van der Waals surface area (Å²) in [6.45, 7) is 0.600. The molecule has 3 aromatic rings. The zero-order valence-corrected chi connectivity index (χ0v) is 16.8. The summed E-state index contributed by atoms with van der Waals surface area (Å²) in [4.78, 5) is 23.9. The molecule has 2 bridgehead atoms. The Labute approximate surface area is 181 Å². The maximum Gasteiger partial charge on any atom is 0.434 e. The van der Waals surface area contributed by atoms with Gasteiger partial charge in [0, 0.05) is 6.54 Å². The lowest BCUT2D eigenvalue weighted by Gasteiger charge is -2.49. The highest BCUT2D eigenvalue weighted by molar-refractivity contribution is 5.98. The van der Waals surface area contributed by atoms with Gasteiger partial charge in [-0.1, -0.05) is 12.1 Å². The van der Waals surface area contributed by atoms with Crippen molar-refractivity contribution in [3.05, 3.63) is 60.3 Å². The third-order valence-corrected chi connectivity index (χ3v) is 5.94. The molecule has 2 saturated heterocycles. The first-order chi connectivity index (χ1) is 15.4. The number of ether oxygens (including phenoxy) is 1. The maximum atomic E-state index is 13.5. The number of nitrogens with zero attached hydrogens (tertiary/aromatic N) is 6. The minimum Gasteiger partial charge on any atom is -0.471 e. The van der Waals surface area contributed by atoms with Crippen molar-refractivity contribution < 1.29 is 22.7 Å². The second-order valence-electron chi connectivity index (χ2n) is 7.93. The van der Waals surface area contributed by atoms with Crippen LogP contribution >= 0.6 is 0 Å². The number of fused-ring (bicyclic) bond motifs is 3.